The molecule has 130 valence electrons. The summed E-state index contributed by atoms with van der Waals surface area (Å²) in [5.41, 5.74) is 5.86. The second-order valence-corrected chi connectivity index (χ2v) is 6.48. The molecule has 3 nitrogen and oxygen atoms in total. The van der Waals surface area contributed by atoms with Gasteiger partial charge in [-0.25, -0.2) is 0 Å². The molecule has 0 radical (unpaired) electrons. The number of nitrogens with one attached hydrogen (secondary N) is 1. The average Bonchev–Trinajstić information content (AvgIpc) is 2.46. The zero-order chi connectivity index (χ0) is 15.3. The van der Waals surface area contributed by atoms with Crippen LogP contribution in [0.5, 0.6) is 0 Å². The Bertz CT molecular complexity index is 354. The molecular formula is C15H27F3IN3. The summed E-state index contributed by atoms with van der Waals surface area (Å²) in [5, 5.41) is 3.21. The van der Waals surface area contributed by atoms with Crippen molar-refractivity contribution in [2.75, 3.05) is 6.54 Å². The molecule has 2 aliphatic carbocycles. The van der Waals surface area contributed by atoms with Crippen LogP contribution in [-0.4, -0.2) is 24.7 Å². The van der Waals surface area contributed by atoms with Crippen LogP contribution in [-0.2, 0) is 0 Å². The van der Waals surface area contributed by atoms with Crippen molar-refractivity contribution in [1.29, 1.82) is 0 Å². The van der Waals surface area contributed by atoms with Gasteiger partial charge in [0.05, 0.1) is 5.92 Å². The second kappa shape index (κ2) is 9.17. The first-order valence-electron chi connectivity index (χ1n) is 8.08. The molecule has 2 unspecified atom stereocenters. The molecule has 0 saturated heterocycles. The number of nitrogens with two attached hydrogens (primary N) is 1. The van der Waals surface area contributed by atoms with Gasteiger partial charge in [0.2, 0.25) is 0 Å². The Balaban J connectivity index is 0.00000242. The van der Waals surface area contributed by atoms with Crippen LogP contribution in [0.25, 0.3) is 0 Å². The lowest BCUT2D eigenvalue weighted by molar-refractivity contribution is -0.185. The summed E-state index contributed by atoms with van der Waals surface area (Å²) in [5.74, 6) is -0.743. The smallest absolute Gasteiger partial charge is 0.370 e. The molecule has 3 N–H and O–H groups in total. The van der Waals surface area contributed by atoms with E-state index in [1.807, 2.05) is 0 Å². The van der Waals surface area contributed by atoms with Crippen molar-refractivity contribution < 1.29 is 13.2 Å². The quantitative estimate of drug-likeness (QED) is 0.398. The van der Waals surface area contributed by atoms with Crippen LogP contribution in [0.4, 0.5) is 13.2 Å². The van der Waals surface area contributed by atoms with Gasteiger partial charge < -0.3 is 11.1 Å². The number of nitrogens with zero attached hydrogens (tertiary/aromatic N) is 1. The van der Waals surface area contributed by atoms with E-state index in [9.17, 15) is 13.2 Å². The highest BCUT2D eigenvalue weighted by atomic mass is 127. The highest BCUT2D eigenvalue weighted by Crippen LogP contribution is 2.39. The Hall–Kier alpha value is -0.210. The summed E-state index contributed by atoms with van der Waals surface area (Å²) < 4.78 is 38.2. The normalized spacial score (nSPS) is 28.0. The van der Waals surface area contributed by atoms with Crippen LogP contribution >= 0.6 is 24.0 Å². The van der Waals surface area contributed by atoms with Crippen molar-refractivity contribution in [3.8, 4) is 0 Å². The Morgan fingerprint density at radius 3 is 2.36 bits per heavy atom. The molecule has 2 fully saturated rings. The molecule has 0 aliphatic heterocycles. The van der Waals surface area contributed by atoms with Crippen LogP contribution in [0.3, 0.4) is 0 Å². The predicted octanol–water partition coefficient (Wildman–Crippen LogP) is 4.21. The van der Waals surface area contributed by atoms with Crippen LogP contribution in [0.1, 0.15) is 57.8 Å². The first kappa shape index (κ1) is 19.8. The topological polar surface area (TPSA) is 50.4 Å². The maximum Gasteiger partial charge on any atom is 0.391 e. The van der Waals surface area contributed by atoms with E-state index in [1.165, 1.54) is 19.3 Å². The molecule has 22 heavy (non-hydrogen) atoms. The third-order valence-corrected chi connectivity index (χ3v) is 4.72. The van der Waals surface area contributed by atoms with Gasteiger partial charge in [-0.15, -0.1) is 24.0 Å². The van der Waals surface area contributed by atoms with Gasteiger partial charge in [-0.3, -0.25) is 4.99 Å². The van der Waals surface area contributed by atoms with Crippen molar-refractivity contribution in [3.63, 3.8) is 0 Å². The van der Waals surface area contributed by atoms with E-state index < -0.39 is 12.1 Å². The van der Waals surface area contributed by atoms with Gasteiger partial charge in [0.15, 0.2) is 5.96 Å². The van der Waals surface area contributed by atoms with E-state index >= 15 is 0 Å². The molecule has 2 atom stereocenters. The maximum atomic E-state index is 12.7. The Kier molecular flexibility index (Phi) is 8.27. The van der Waals surface area contributed by atoms with Crippen molar-refractivity contribution >= 4 is 29.9 Å². The molecule has 2 aliphatic rings. The van der Waals surface area contributed by atoms with Crippen molar-refractivity contribution in [3.05, 3.63) is 0 Å². The third-order valence-electron chi connectivity index (χ3n) is 4.72. The zero-order valence-corrected chi connectivity index (χ0v) is 15.2. The SMILES string of the molecule is I.NC(=NCC1CCCC(C(F)(F)F)C1)NC1CCCCC1. The van der Waals surface area contributed by atoms with Crippen molar-refractivity contribution in [2.24, 2.45) is 22.6 Å². The minimum atomic E-state index is -4.06. The first-order chi connectivity index (χ1) is 9.95. The van der Waals surface area contributed by atoms with Crippen LogP contribution in [0, 0.1) is 11.8 Å². The second-order valence-electron chi connectivity index (χ2n) is 6.48. The van der Waals surface area contributed by atoms with Gasteiger partial charge >= 0.3 is 6.18 Å². The lowest BCUT2D eigenvalue weighted by atomic mass is 9.81. The van der Waals surface area contributed by atoms with E-state index in [4.69, 9.17) is 5.73 Å². The molecular weight excluding hydrogens is 406 g/mol. The molecule has 0 aromatic carbocycles. The van der Waals surface area contributed by atoms with E-state index in [0.29, 0.717) is 25.0 Å². The summed E-state index contributed by atoms with van der Waals surface area (Å²) in [4.78, 5) is 4.27. The van der Waals surface area contributed by atoms with Gasteiger partial charge in [-0.1, -0.05) is 25.7 Å². The monoisotopic (exact) mass is 433 g/mol. The van der Waals surface area contributed by atoms with E-state index in [2.05, 4.69) is 10.3 Å². The van der Waals surface area contributed by atoms with Gasteiger partial charge in [0.25, 0.3) is 0 Å². The fourth-order valence-electron chi connectivity index (χ4n) is 3.48. The molecule has 0 heterocycles. The number of hydrogen-bond donors (Lipinski definition) is 2. The standard InChI is InChI=1S/C15H26F3N3.HI/c16-15(17,18)12-6-4-5-11(9-12)10-20-14(19)21-13-7-2-1-3-8-13;/h11-13H,1-10H2,(H3,19,20,21);1H. The number of hydrogen-bond acceptors (Lipinski definition) is 1. The van der Waals surface area contributed by atoms with E-state index in [1.54, 1.807) is 0 Å². The van der Waals surface area contributed by atoms with E-state index in [0.717, 1.165) is 19.3 Å². The molecule has 7 heteroatoms. The Labute approximate surface area is 147 Å². The zero-order valence-electron chi connectivity index (χ0n) is 12.9. The lowest BCUT2D eigenvalue weighted by Crippen LogP contribution is -2.41. The Morgan fingerprint density at radius 2 is 1.73 bits per heavy atom. The molecule has 2 rings (SSSR count). The van der Waals surface area contributed by atoms with Gasteiger partial charge in [-0.2, -0.15) is 13.2 Å². The molecule has 0 aromatic rings. The molecule has 0 spiro atoms. The summed E-state index contributed by atoms with van der Waals surface area (Å²) in [6, 6.07) is 0.386. The van der Waals surface area contributed by atoms with Crippen LogP contribution in [0.15, 0.2) is 4.99 Å². The minimum Gasteiger partial charge on any atom is -0.370 e. The molecule has 0 aromatic heterocycles. The predicted molar refractivity (Wildman–Crippen MR) is 93.4 cm³/mol. The summed E-state index contributed by atoms with van der Waals surface area (Å²) in [6.07, 6.45) is 3.77. The van der Waals surface area contributed by atoms with Crippen molar-refractivity contribution in [1.82, 2.24) is 5.32 Å². The number of halogens is 4. The summed E-state index contributed by atoms with van der Waals surface area (Å²) >= 11 is 0. The largest absolute Gasteiger partial charge is 0.391 e. The first-order valence-corrected chi connectivity index (χ1v) is 8.08. The summed E-state index contributed by atoms with van der Waals surface area (Å²) in [6.45, 7) is 0.415. The van der Waals surface area contributed by atoms with Crippen molar-refractivity contribution in [2.45, 2.75) is 70.0 Å². The molecule has 0 amide bonds. The molecule has 0 bridgehead atoms. The summed E-state index contributed by atoms with van der Waals surface area (Å²) in [7, 11) is 0. The van der Waals surface area contributed by atoms with Gasteiger partial charge in [-0.05, 0) is 38.0 Å². The van der Waals surface area contributed by atoms with Gasteiger partial charge in [0, 0.05) is 12.6 Å². The van der Waals surface area contributed by atoms with Crippen LogP contribution in [0.2, 0.25) is 0 Å². The number of rotatable bonds is 3. The van der Waals surface area contributed by atoms with Gasteiger partial charge in [0.1, 0.15) is 0 Å². The third kappa shape index (κ3) is 6.50. The van der Waals surface area contributed by atoms with E-state index in [-0.39, 0.29) is 42.7 Å². The number of alkyl halides is 3. The average molecular weight is 433 g/mol. The maximum absolute atomic E-state index is 12.7. The fraction of sp³-hybridized carbons (Fsp3) is 0.933. The lowest BCUT2D eigenvalue weighted by Gasteiger charge is -2.29. The fourth-order valence-corrected chi connectivity index (χ4v) is 3.48. The molecule has 2 saturated carbocycles. The number of guanidine groups is 1. The minimum absolute atomic E-state index is 0. The number of aliphatic imine (C=N–C) groups is 1. The highest BCUT2D eigenvalue weighted by molar-refractivity contribution is 14.0. The highest BCUT2D eigenvalue weighted by Gasteiger charge is 2.41. The Morgan fingerprint density at radius 1 is 1.05 bits per heavy atom. The van der Waals surface area contributed by atoms with Crippen LogP contribution < -0.4 is 11.1 Å².